The number of hydrogen-bond donors (Lipinski definition) is 1. The van der Waals surface area contributed by atoms with Crippen LogP contribution in [0.3, 0.4) is 0 Å². The molecule has 1 aromatic carbocycles. The number of nitrogens with zero attached hydrogens (tertiary/aromatic N) is 5. The van der Waals surface area contributed by atoms with E-state index in [4.69, 9.17) is 4.74 Å². The van der Waals surface area contributed by atoms with Crippen LogP contribution in [0.5, 0.6) is 5.75 Å². The standard InChI is InChI=1S/C22H31N5O3/c1-25(2)13-14-30-19-7-5-18(6-8-19)21(28)26(3)16-22(29)9-4-12-27(17-22)20-15-23-10-11-24-20/h5-8,10-11,15,29H,4,9,12-14,16-17H2,1-3H3. The summed E-state index contributed by atoms with van der Waals surface area (Å²) in [6.45, 7) is 2.91. The van der Waals surface area contributed by atoms with E-state index in [1.54, 1.807) is 42.7 Å². The summed E-state index contributed by atoms with van der Waals surface area (Å²) in [5.74, 6) is 1.36. The minimum Gasteiger partial charge on any atom is -0.492 e. The van der Waals surface area contributed by atoms with Crippen molar-refractivity contribution < 1.29 is 14.6 Å². The second-order valence-electron chi connectivity index (χ2n) is 8.15. The Morgan fingerprint density at radius 3 is 2.67 bits per heavy atom. The number of ether oxygens (including phenoxy) is 1. The van der Waals surface area contributed by atoms with Gasteiger partial charge in [-0.15, -0.1) is 0 Å². The van der Waals surface area contributed by atoms with E-state index in [0.29, 0.717) is 25.1 Å². The third kappa shape index (κ3) is 5.90. The molecule has 8 heteroatoms. The number of piperidine rings is 1. The highest BCUT2D eigenvalue weighted by Gasteiger charge is 2.36. The molecule has 1 N–H and O–H groups in total. The van der Waals surface area contributed by atoms with Gasteiger partial charge in [0.25, 0.3) is 5.91 Å². The molecule has 2 aromatic rings. The lowest BCUT2D eigenvalue weighted by molar-refractivity contribution is -0.000147. The average molecular weight is 414 g/mol. The average Bonchev–Trinajstić information content (AvgIpc) is 2.74. The van der Waals surface area contributed by atoms with Crippen LogP contribution in [0.1, 0.15) is 23.2 Å². The van der Waals surface area contributed by atoms with Gasteiger partial charge in [0.05, 0.1) is 18.3 Å². The van der Waals surface area contributed by atoms with E-state index in [0.717, 1.165) is 31.1 Å². The number of benzene rings is 1. The number of carbonyl (C=O) groups is 1. The van der Waals surface area contributed by atoms with Crippen molar-refractivity contribution in [3.05, 3.63) is 48.4 Å². The van der Waals surface area contributed by atoms with Gasteiger partial charge in [0.2, 0.25) is 0 Å². The van der Waals surface area contributed by atoms with Gasteiger partial charge in [-0.25, -0.2) is 4.98 Å². The second kappa shape index (κ2) is 9.86. The zero-order valence-electron chi connectivity index (χ0n) is 18.0. The summed E-state index contributed by atoms with van der Waals surface area (Å²) in [7, 11) is 5.71. The van der Waals surface area contributed by atoms with Crippen molar-refractivity contribution in [2.75, 3.05) is 58.8 Å². The topological polar surface area (TPSA) is 82.0 Å². The molecular formula is C22H31N5O3. The van der Waals surface area contributed by atoms with Crippen molar-refractivity contribution in [3.63, 3.8) is 0 Å². The highest BCUT2D eigenvalue weighted by atomic mass is 16.5. The predicted octanol–water partition coefficient (Wildman–Crippen LogP) is 1.52. The fraction of sp³-hybridized carbons (Fsp3) is 0.500. The van der Waals surface area contributed by atoms with Gasteiger partial charge in [-0.05, 0) is 51.2 Å². The number of carbonyl (C=O) groups excluding carboxylic acids is 1. The van der Waals surface area contributed by atoms with Crippen molar-refractivity contribution in [1.29, 1.82) is 0 Å². The smallest absolute Gasteiger partial charge is 0.253 e. The largest absolute Gasteiger partial charge is 0.492 e. The van der Waals surface area contributed by atoms with Crippen molar-refractivity contribution in [3.8, 4) is 5.75 Å². The van der Waals surface area contributed by atoms with Crippen LogP contribution in [0.4, 0.5) is 5.82 Å². The first-order valence-electron chi connectivity index (χ1n) is 10.2. The molecule has 162 valence electrons. The van der Waals surface area contributed by atoms with Crippen LogP contribution in [0.25, 0.3) is 0 Å². The highest BCUT2D eigenvalue weighted by molar-refractivity contribution is 5.94. The van der Waals surface area contributed by atoms with Gasteiger partial charge in [0.1, 0.15) is 18.2 Å². The summed E-state index contributed by atoms with van der Waals surface area (Å²) < 4.78 is 5.68. The summed E-state index contributed by atoms with van der Waals surface area (Å²) in [5, 5.41) is 11.1. The van der Waals surface area contributed by atoms with Gasteiger partial charge in [0, 0.05) is 44.6 Å². The molecule has 1 fully saturated rings. The van der Waals surface area contributed by atoms with Crippen LogP contribution >= 0.6 is 0 Å². The fourth-order valence-corrected chi connectivity index (χ4v) is 3.66. The molecule has 1 unspecified atom stereocenters. The lowest BCUT2D eigenvalue weighted by Gasteiger charge is -2.41. The molecule has 0 saturated carbocycles. The molecule has 0 spiro atoms. The minimum absolute atomic E-state index is 0.125. The monoisotopic (exact) mass is 413 g/mol. The molecule has 8 nitrogen and oxygen atoms in total. The van der Waals surface area contributed by atoms with Crippen molar-refractivity contribution in [2.45, 2.75) is 18.4 Å². The Labute approximate surface area is 178 Å². The van der Waals surface area contributed by atoms with Gasteiger partial charge in [0.15, 0.2) is 0 Å². The number of β-amino-alcohol motifs (C(OH)–C–C–N with tert-alkyl or cyclic N) is 1. The van der Waals surface area contributed by atoms with Gasteiger partial charge in [-0.2, -0.15) is 0 Å². The molecular weight excluding hydrogens is 382 g/mol. The molecule has 1 aromatic heterocycles. The molecule has 1 amide bonds. The van der Waals surface area contributed by atoms with Crippen molar-refractivity contribution in [2.24, 2.45) is 0 Å². The SMILES string of the molecule is CN(C)CCOc1ccc(C(=O)N(C)CC2(O)CCCN(c3cnccn3)C2)cc1. The van der Waals surface area contributed by atoms with Crippen LogP contribution in [-0.2, 0) is 0 Å². The maximum Gasteiger partial charge on any atom is 0.253 e. The number of anilines is 1. The van der Waals surface area contributed by atoms with E-state index >= 15 is 0 Å². The third-order valence-electron chi connectivity index (χ3n) is 5.22. The van der Waals surface area contributed by atoms with Gasteiger partial charge in [-0.3, -0.25) is 9.78 Å². The van der Waals surface area contributed by atoms with Crippen LogP contribution in [0, 0.1) is 0 Å². The van der Waals surface area contributed by atoms with Gasteiger partial charge >= 0.3 is 0 Å². The number of amides is 1. The first-order chi connectivity index (χ1) is 14.4. The Balaban J connectivity index is 1.57. The molecule has 2 heterocycles. The first-order valence-corrected chi connectivity index (χ1v) is 10.2. The molecule has 3 rings (SSSR count). The van der Waals surface area contributed by atoms with Crippen molar-refractivity contribution >= 4 is 11.7 Å². The Morgan fingerprint density at radius 1 is 1.23 bits per heavy atom. The summed E-state index contributed by atoms with van der Waals surface area (Å²) >= 11 is 0. The molecule has 1 aliphatic heterocycles. The Kier molecular flexibility index (Phi) is 7.23. The van der Waals surface area contributed by atoms with E-state index in [1.807, 2.05) is 36.0 Å². The van der Waals surface area contributed by atoms with E-state index in [1.165, 1.54) is 0 Å². The van der Waals surface area contributed by atoms with E-state index in [9.17, 15) is 9.90 Å². The van der Waals surface area contributed by atoms with Gasteiger partial charge < -0.3 is 24.5 Å². The summed E-state index contributed by atoms with van der Waals surface area (Å²) in [6, 6.07) is 7.14. The van der Waals surface area contributed by atoms with E-state index < -0.39 is 5.60 Å². The van der Waals surface area contributed by atoms with E-state index in [-0.39, 0.29) is 12.5 Å². The Hall–Kier alpha value is -2.71. The zero-order chi connectivity index (χ0) is 21.6. The lowest BCUT2D eigenvalue weighted by Crippen LogP contribution is -2.54. The minimum atomic E-state index is -0.991. The Bertz CT molecular complexity index is 815. The van der Waals surface area contributed by atoms with Gasteiger partial charge in [-0.1, -0.05) is 0 Å². The Morgan fingerprint density at radius 2 is 2.00 bits per heavy atom. The predicted molar refractivity (Wildman–Crippen MR) is 116 cm³/mol. The molecule has 0 bridgehead atoms. The van der Waals surface area contributed by atoms with Crippen LogP contribution in [-0.4, -0.2) is 90.3 Å². The first kappa shape index (κ1) is 22.0. The fourth-order valence-electron chi connectivity index (χ4n) is 3.66. The molecule has 30 heavy (non-hydrogen) atoms. The van der Waals surface area contributed by atoms with Crippen molar-refractivity contribution in [1.82, 2.24) is 19.8 Å². The number of likely N-dealkylation sites (N-methyl/N-ethyl adjacent to an activating group) is 2. The van der Waals surface area contributed by atoms with E-state index in [2.05, 4.69) is 9.97 Å². The molecule has 1 atom stereocenters. The quantitative estimate of drug-likeness (QED) is 0.703. The molecule has 1 saturated heterocycles. The summed E-state index contributed by atoms with van der Waals surface area (Å²) in [6.07, 6.45) is 6.44. The summed E-state index contributed by atoms with van der Waals surface area (Å²) in [5.41, 5.74) is -0.419. The van der Waals surface area contributed by atoms with Crippen LogP contribution < -0.4 is 9.64 Å². The third-order valence-corrected chi connectivity index (χ3v) is 5.22. The van der Waals surface area contributed by atoms with Crippen LogP contribution in [0.2, 0.25) is 0 Å². The second-order valence-corrected chi connectivity index (χ2v) is 8.15. The number of hydrogen-bond acceptors (Lipinski definition) is 7. The number of aromatic nitrogens is 2. The normalized spacial score (nSPS) is 19.0. The zero-order valence-corrected chi connectivity index (χ0v) is 18.0. The maximum atomic E-state index is 12.9. The number of rotatable bonds is 8. The van der Waals surface area contributed by atoms with Crippen LogP contribution in [0.15, 0.2) is 42.9 Å². The number of aliphatic hydroxyl groups is 1. The highest BCUT2D eigenvalue weighted by Crippen LogP contribution is 2.25. The molecule has 0 aliphatic carbocycles. The lowest BCUT2D eigenvalue weighted by atomic mass is 9.92. The maximum absolute atomic E-state index is 12.9. The molecule has 0 radical (unpaired) electrons. The molecule has 1 aliphatic rings. The summed E-state index contributed by atoms with van der Waals surface area (Å²) in [4.78, 5) is 26.9.